The molecule has 2 unspecified atom stereocenters. The van der Waals surface area contributed by atoms with Crippen molar-refractivity contribution in [2.24, 2.45) is 0 Å². The molecule has 0 heterocycles. The number of rotatable bonds is 4. The molecule has 0 aliphatic rings. The minimum atomic E-state index is -4.03. The van der Waals surface area contributed by atoms with Crippen molar-refractivity contribution in [2.75, 3.05) is 12.8 Å². The van der Waals surface area contributed by atoms with Gasteiger partial charge in [0.05, 0.1) is 12.8 Å². The summed E-state index contributed by atoms with van der Waals surface area (Å²) in [5.41, 5.74) is 0. The molecule has 3 N–H and O–H groups in total. The van der Waals surface area contributed by atoms with Gasteiger partial charge in [0.25, 0.3) is 0 Å². The van der Waals surface area contributed by atoms with Crippen LogP contribution in [-0.2, 0) is 30.5 Å². The molecule has 0 aromatic carbocycles. The summed E-state index contributed by atoms with van der Waals surface area (Å²) in [7, 11) is -7.11. The van der Waals surface area contributed by atoms with Crippen LogP contribution in [0.1, 0.15) is 0 Å². The van der Waals surface area contributed by atoms with Gasteiger partial charge in [0, 0.05) is 21.6 Å². The number of hydrogen-bond donors (Lipinski definition) is 3. The van der Waals surface area contributed by atoms with Crippen molar-refractivity contribution in [3.63, 3.8) is 0 Å². The van der Waals surface area contributed by atoms with Gasteiger partial charge in [-0.25, -0.2) is 0 Å². The molecule has 0 aliphatic heterocycles. The molecule has 11 heavy (non-hydrogen) atoms. The summed E-state index contributed by atoms with van der Waals surface area (Å²) < 4.78 is 23.9. The summed E-state index contributed by atoms with van der Waals surface area (Å²) in [6, 6.07) is 0. The van der Waals surface area contributed by atoms with E-state index in [2.05, 4.69) is 4.31 Å². The fourth-order valence-electron chi connectivity index (χ4n) is 0.276. The van der Waals surface area contributed by atoms with Crippen LogP contribution >= 0.6 is 15.9 Å². The molecule has 9 heteroatoms. The van der Waals surface area contributed by atoms with Crippen LogP contribution in [-0.4, -0.2) is 27.7 Å². The quantitative estimate of drug-likeness (QED) is 0.469. The largest absolute Gasteiger partial charge is 0.703 e. The normalized spacial score (nSPS) is 16.5. The van der Waals surface area contributed by atoms with E-state index in [4.69, 9.17) is 14.9 Å². The molecule has 0 aliphatic carbocycles. The average Bonchev–Trinajstić information content (AvgIpc) is 1.59. The molecule has 0 spiro atoms. The topological polar surface area (TPSA) is 104 Å². The second-order valence-corrected chi connectivity index (χ2v) is 4.26. The average molecular weight is 245 g/mol. The molecular formula is C2H7FeO6P2+. The van der Waals surface area contributed by atoms with Crippen molar-refractivity contribution < 1.29 is 45.4 Å². The SMILES string of the molecule is O=[P+](O)OP(=O)(O)CCO.[Fe]. The Morgan fingerprint density at radius 3 is 2.27 bits per heavy atom. The van der Waals surface area contributed by atoms with Crippen LogP contribution in [0.15, 0.2) is 0 Å². The molecule has 0 saturated heterocycles. The van der Waals surface area contributed by atoms with Gasteiger partial charge < -0.3 is 10.00 Å². The second kappa shape index (κ2) is 6.23. The Morgan fingerprint density at radius 1 is 1.55 bits per heavy atom. The maximum Gasteiger partial charge on any atom is 0.703 e. The van der Waals surface area contributed by atoms with Crippen LogP contribution in [0.2, 0.25) is 0 Å². The van der Waals surface area contributed by atoms with E-state index in [0.29, 0.717) is 0 Å². The molecule has 0 radical (unpaired) electrons. The molecule has 0 aromatic rings. The van der Waals surface area contributed by atoms with E-state index in [1.165, 1.54) is 0 Å². The van der Waals surface area contributed by atoms with Gasteiger partial charge in [-0.15, -0.1) is 4.89 Å². The molecule has 0 bridgehead atoms. The van der Waals surface area contributed by atoms with E-state index in [-0.39, 0.29) is 17.1 Å². The Kier molecular flexibility index (Phi) is 8.06. The minimum absolute atomic E-state index is 0. The fraction of sp³-hybridized carbons (Fsp3) is 1.00. The molecule has 0 aromatic heterocycles. The molecule has 6 nitrogen and oxygen atoms in total. The van der Waals surface area contributed by atoms with Crippen LogP contribution in [0.5, 0.6) is 0 Å². The van der Waals surface area contributed by atoms with Gasteiger partial charge in [0.15, 0.2) is 0 Å². The van der Waals surface area contributed by atoms with Gasteiger partial charge >= 0.3 is 15.9 Å². The summed E-state index contributed by atoms with van der Waals surface area (Å²) in [6.07, 6.45) is -0.533. The van der Waals surface area contributed by atoms with Gasteiger partial charge in [0.2, 0.25) is 0 Å². The van der Waals surface area contributed by atoms with Crippen LogP contribution in [0.3, 0.4) is 0 Å². The third kappa shape index (κ3) is 8.60. The molecular weight excluding hydrogens is 238 g/mol. The molecule has 0 amide bonds. The van der Waals surface area contributed by atoms with Crippen molar-refractivity contribution in [3.05, 3.63) is 0 Å². The minimum Gasteiger partial charge on any atom is -0.396 e. The summed E-state index contributed by atoms with van der Waals surface area (Å²) >= 11 is 0. The zero-order valence-corrected chi connectivity index (χ0v) is 8.12. The van der Waals surface area contributed by atoms with Gasteiger partial charge in [-0.3, -0.25) is 4.57 Å². The number of aliphatic hydroxyl groups excluding tert-OH is 1. The Hall–Kier alpha value is 0.689. The van der Waals surface area contributed by atoms with E-state index >= 15 is 0 Å². The maximum absolute atomic E-state index is 10.5. The molecule has 0 saturated carbocycles. The summed E-state index contributed by atoms with van der Waals surface area (Å²) in [4.78, 5) is 16.5. The summed E-state index contributed by atoms with van der Waals surface area (Å²) in [5, 5.41) is 8.13. The van der Waals surface area contributed by atoms with E-state index in [1.54, 1.807) is 0 Å². The van der Waals surface area contributed by atoms with Crippen molar-refractivity contribution >= 4 is 15.9 Å². The first-order valence-corrected chi connectivity index (χ1v) is 5.16. The Bertz CT molecular complexity index is 170. The predicted octanol–water partition coefficient (Wildman–Crippen LogP) is -0.172. The van der Waals surface area contributed by atoms with Crippen molar-refractivity contribution in [3.8, 4) is 0 Å². The second-order valence-electron chi connectivity index (χ2n) is 1.40. The van der Waals surface area contributed by atoms with Gasteiger partial charge in [0.1, 0.15) is 0 Å². The number of aliphatic hydroxyl groups is 1. The van der Waals surface area contributed by atoms with Crippen molar-refractivity contribution in [1.29, 1.82) is 0 Å². The maximum atomic E-state index is 10.5. The zero-order chi connectivity index (χ0) is 8.20. The Balaban J connectivity index is 0. The van der Waals surface area contributed by atoms with Gasteiger partial charge in [-0.2, -0.15) is 0 Å². The number of hydrogen-bond acceptors (Lipinski definition) is 4. The van der Waals surface area contributed by atoms with Crippen LogP contribution < -0.4 is 0 Å². The first-order chi connectivity index (χ1) is 4.48. The van der Waals surface area contributed by atoms with Gasteiger partial charge in [-0.1, -0.05) is 0 Å². The smallest absolute Gasteiger partial charge is 0.396 e. The molecule has 0 rings (SSSR count). The Morgan fingerprint density at radius 2 is 2.00 bits per heavy atom. The van der Waals surface area contributed by atoms with Gasteiger partial charge in [-0.05, 0) is 4.31 Å². The Labute approximate surface area is 74.5 Å². The third-order valence-corrected chi connectivity index (χ3v) is 2.92. The molecule has 2 atom stereocenters. The summed E-state index contributed by atoms with van der Waals surface area (Å²) in [6.45, 7) is -0.559. The van der Waals surface area contributed by atoms with E-state index in [0.717, 1.165) is 0 Å². The van der Waals surface area contributed by atoms with Crippen LogP contribution in [0.4, 0.5) is 0 Å². The summed E-state index contributed by atoms with van der Waals surface area (Å²) in [5.74, 6) is 0. The first kappa shape index (κ1) is 14.2. The van der Waals surface area contributed by atoms with E-state index in [9.17, 15) is 9.13 Å². The van der Waals surface area contributed by atoms with E-state index in [1.807, 2.05) is 0 Å². The third-order valence-electron chi connectivity index (χ3n) is 0.580. The van der Waals surface area contributed by atoms with Crippen LogP contribution in [0.25, 0.3) is 0 Å². The fourth-order valence-corrected chi connectivity index (χ4v) is 1.73. The predicted molar refractivity (Wildman–Crippen MR) is 32.7 cm³/mol. The van der Waals surface area contributed by atoms with Crippen molar-refractivity contribution in [2.45, 2.75) is 0 Å². The van der Waals surface area contributed by atoms with Crippen LogP contribution in [0, 0.1) is 0 Å². The standard InChI is InChI=1S/C2H6O6P2.Fe/c3-1-2-10(6,7)8-9(4)5;/h3H,1-2H2,(H-,4,5,6,7);/p+1. The molecule has 0 fully saturated rings. The molecule has 68 valence electrons. The zero-order valence-electron chi connectivity index (χ0n) is 5.23. The van der Waals surface area contributed by atoms with Crippen molar-refractivity contribution in [1.82, 2.24) is 0 Å². The van der Waals surface area contributed by atoms with E-state index < -0.39 is 28.6 Å². The monoisotopic (exact) mass is 245 g/mol. The first-order valence-electron chi connectivity index (χ1n) is 2.26.